The fourth-order valence-electron chi connectivity index (χ4n) is 1.60. The van der Waals surface area contributed by atoms with Crippen molar-refractivity contribution in [1.29, 1.82) is 0 Å². The lowest BCUT2D eigenvalue weighted by atomic mass is 10.3. The molecule has 0 bridgehead atoms. The molecule has 2 rings (SSSR count). The zero-order valence-electron chi connectivity index (χ0n) is 9.73. The fourth-order valence-corrected chi connectivity index (χ4v) is 1.60. The van der Waals surface area contributed by atoms with Gasteiger partial charge in [-0.1, -0.05) is 6.92 Å². The van der Waals surface area contributed by atoms with Gasteiger partial charge in [0.05, 0.1) is 12.7 Å². The SMILES string of the molecule is CCc1ccc(CNCc2cnn(C)c2)o1. The van der Waals surface area contributed by atoms with Crippen LogP contribution in [-0.4, -0.2) is 9.78 Å². The predicted molar refractivity (Wildman–Crippen MR) is 61.8 cm³/mol. The molecule has 16 heavy (non-hydrogen) atoms. The fraction of sp³-hybridized carbons (Fsp3) is 0.417. The van der Waals surface area contributed by atoms with Crippen LogP contribution in [-0.2, 0) is 26.6 Å². The van der Waals surface area contributed by atoms with E-state index in [0.717, 1.165) is 31.0 Å². The molecule has 0 radical (unpaired) electrons. The van der Waals surface area contributed by atoms with Crippen LogP contribution in [0.1, 0.15) is 24.0 Å². The molecule has 86 valence electrons. The van der Waals surface area contributed by atoms with Crippen LogP contribution in [0.4, 0.5) is 0 Å². The maximum Gasteiger partial charge on any atom is 0.117 e. The molecule has 4 nitrogen and oxygen atoms in total. The summed E-state index contributed by atoms with van der Waals surface area (Å²) in [5.74, 6) is 2.03. The Hall–Kier alpha value is -1.55. The monoisotopic (exact) mass is 219 g/mol. The van der Waals surface area contributed by atoms with Gasteiger partial charge in [-0.3, -0.25) is 4.68 Å². The summed E-state index contributed by atoms with van der Waals surface area (Å²) in [6, 6.07) is 4.05. The predicted octanol–water partition coefficient (Wildman–Crippen LogP) is 1.87. The van der Waals surface area contributed by atoms with Gasteiger partial charge in [0.2, 0.25) is 0 Å². The normalized spacial score (nSPS) is 10.9. The van der Waals surface area contributed by atoms with Gasteiger partial charge in [0.1, 0.15) is 11.5 Å². The average Bonchev–Trinajstić information content (AvgIpc) is 2.88. The minimum absolute atomic E-state index is 0.759. The van der Waals surface area contributed by atoms with Gasteiger partial charge in [-0.15, -0.1) is 0 Å². The van der Waals surface area contributed by atoms with E-state index in [-0.39, 0.29) is 0 Å². The topological polar surface area (TPSA) is 43.0 Å². The third-order valence-corrected chi connectivity index (χ3v) is 2.45. The van der Waals surface area contributed by atoms with Crippen LogP contribution in [0.25, 0.3) is 0 Å². The van der Waals surface area contributed by atoms with E-state index in [9.17, 15) is 0 Å². The Morgan fingerprint density at radius 3 is 2.75 bits per heavy atom. The smallest absolute Gasteiger partial charge is 0.117 e. The van der Waals surface area contributed by atoms with Crippen LogP contribution in [0.5, 0.6) is 0 Å². The van der Waals surface area contributed by atoms with Gasteiger partial charge >= 0.3 is 0 Å². The average molecular weight is 219 g/mol. The van der Waals surface area contributed by atoms with Gasteiger partial charge in [-0.2, -0.15) is 5.10 Å². The van der Waals surface area contributed by atoms with Crippen LogP contribution < -0.4 is 5.32 Å². The highest BCUT2D eigenvalue weighted by Gasteiger charge is 2.00. The first-order chi connectivity index (χ1) is 7.78. The molecule has 2 aromatic rings. The Balaban J connectivity index is 1.79. The van der Waals surface area contributed by atoms with E-state index >= 15 is 0 Å². The number of nitrogens with zero attached hydrogens (tertiary/aromatic N) is 2. The van der Waals surface area contributed by atoms with E-state index in [1.807, 2.05) is 31.6 Å². The molecule has 0 saturated carbocycles. The number of aromatic nitrogens is 2. The maximum absolute atomic E-state index is 5.59. The molecule has 2 aromatic heterocycles. The molecule has 4 heteroatoms. The molecule has 0 unspecified atom stereocenters. The summed E-state index contributed by atoms with van der Waals surface area (Å²) in [5, 5.41) is 7.43. The first-order valence-electron chi connectivity index (χ1n) is 5.53. The maximum atomic E-state index is 5.59. The molecule has 0 aliphatic rings. The second-order valence-corrected chi connectivity index (χ2v) is 3.85. The van der Waals surface area contributed by atoms with Crippen molar-refractivity contribution in [3.8, 4) is 0 Å². The van der Waals surface area contributed by atoms with Crippen molar-refractivity contribution in [2.75, 3.05) is 0 Å². The van der Waals surface area contributed by atoms with Gasteiger partial charge in [-0.25, -0.2) is 0 Å². The molecule has 0 aliphatic heterocycles. The lowest BCUT2D eigenvalue weighted by Crippen LogP contribution is -2.11. The van der Waals surface area contributed by atoms with E-state index in [2.05, 4.69) is 17.3 Å². The van der Waals surface area contributed by atoms with Gasteiger partial charge in [0.15, 0.2) is 0 Å². The largest absolute Gasteiger partial charge is 0.465 e. The Morgan fingerprint density at radius 1 is 1.31 bits per heavy atom. The van der Waals surface area contributed by atoms with Crippen LogP contribution in [0.3, 0.4) is 0 Å². The number of rotatable bonds is 5. The quantitative estimate of drug-likeness (QED) is 0.834. The summed E-state index contributed by atoms with van der Waals surface area (Å²) < 4.78 is 7.40. The van der Waals surface area contributed by atoms with Crippen LogP contribution in [0, 0.1) is 0 Å². The Bertz CT molecular complexity index is 445. The Labute approximate surface area is 95.3 Å². The van der Waals surface area contributed by atoms with Gasteiger partial charge in [-0.05, 0) is 12.1 Å². The standard InChI is InChI=1S/C12H17N3O/c1-3-11-4-5-12(16-11)8-13-6-10-7-14-15(2)9-10/h4-5,7,9,13H,3,6,8H2,1-2H3. The zero-order chi connectivity index (χ0) is 11.4. The van der Waals surface area contributed by atoms with Crippen molar-refractivity contribution in [3.63, 3.8) is 0 Å². The van der Waals surface area contributed by atoms with Crippen molar-refractivity contribution < 1.29 is 4.42 Å². The van der Waals surface area contributed by atoms with E-state index in [1.54, 1.807) is 4.68 Å². The number of nitrogens with one attached hydrogen (secondary N) is 1. The second kappa shape index (κ2) is 4.99. The molecule has 0 spiro atoms. The van der Waals surface area contributed by atoms with E-state index in [1.165, 1.54) is 5.56 Å². The highest BCUT2D eigenvalue weighted by Crippen LogP contribution is 2.08. The highest BCUT2D eigenvalue weighted by atomic mass is 16.3. The molecular weight excluding hydrogens is 202 g/mol. The molecule has 2 heterocycles. The first kappa shape index (κ1) is 11.0. The minimum Gasteiger partial charge on any atom is -0.465 e. The Kier molecular flexibility index (Phi) is 3.41. The van der Waals surface area contributed by atoms with Gasteiger partial charge in [0, 0.05) is 31.8 Å². The lowest BCUT2D eigenvalue weighted by molar-refractivity contribution is 0.450. The molecular formula is C12H17N3O. The molecule has 1 N–H and O–H groups in total. The van der Waals surface area contributed by atoms with Crippen LogP contribution >= 0.6 is 0 Å². The van der Waals surface area contributed by atoms with E-state index in [0.29, 0.717) is 0 Å². The highest BCUT2D eigenvalue weighted by molar-refractivity contribution is 5.07. The molecule has 0 aliphatic carbocycles. The van der Waals surface area contributed by atoms with Crippen molar-refractivity contribution in [1.82, 2.24) is 15.1 Å². The van der Waals surface area contributed by atoms with Gasteiger partial charge < -0.3 is 9.73 Å². The summed E-state index contributed by atoms with van der Waals surface area (Å²) >= 11 is 0. The minimum atomic E-state index is 0.759. The molecule has 0 amide bonds. The summed E-state index contributed by atoms with van der Waals surface area (Å²) in [6.07, 6.45) is 4.82. The molecule has 0 atom stereocenters. The van der Waals surface area contributed by atoms with Gasteiger partial charge in [0.25, 0.3) is 0 Å². The molecule has 0 aromatic carbocycles. The molecule has 0 fully saturated rings. The van der Waals surface area contributed by atoms with Crippen molar-refractivity contribution in [2.45, 2.75) is 26.4 Å². The van der Waals surface area contributed by atoms with E-state index in [4.69, 9.17) is 4.42 Å². The summed E-state index contributed by atoms with van der Waals surface area (Å²) in [7, 11) is 1.92. The van der Waals surface area contributed by atoms with Crippen molar-refractivity contribution >= 4 is 0 Å². The number of furan rings is 1. The Morgan fingerprint density at radius 2 is 2.12 bits per heavy atom. The van der Waals surface area contributed by atoms with Crippen LogP contribution in [0.2, 0.25) is 0 Å². The molecule has 0 saturated heterocycles. The number of hydrogen-bond acceptors (Lipinski definition) is 3. The summed E-state index contributed by atoms with van der Waals surface area (Å²) in [5.41, 5.74) is 1.18. The number of aryl methyl sites for hydroxylation is 2. The van der Waals surface area contributed by atoms with Crippen LogP contribution in [0.15, 0.2) is 28.9 Å². The lowest BCUT2D eigenvalue weighted by Gasteiger charge is -1.99. The second-order valence-electron chi connectivity index (χ2n) is 3.85. The number of hydrogen-bond donors (Lipinski definition) is 1. The first-order valence-corrected chi connectivity index (χ1v) is 5.53. The van der Waals surface area contributed by atoms with Crippen molar-refractivity contribution in [2.24, 2.45) is 7.05 Å². The third-order valence-electron chi connectivity index (χ3n) is 2.45. The zero-order valence-corrected chi connectivity index (χ0v) is 9.73. The van der Waals surface area contributed by atoms with E-state index < -0.39 is 0 Å². The summed E-state index contributed by atoms with van der Waals surface area (Å²) in [6.45, 7) is 3.66. The van der Waals surface area contributed by atoms with Crippen molar-refractivity contribution in [3.05, 3.63) is 41.6 Å². The third kappa shape index (κ3) is 2.73. The summed E-state index contributed by atoms with van der Waals surface area (Å²) in [4.78, 5) is 0.